The van der Waals surface area contributed by atoms with E-state index in [1.165, 1.54) is 4.90 Å². The number of nitrogens with zero attached hydrogens (tertiary/aromatic N) is 4. The summed E-state index contributed by atoms with van der Waals surface area (Å²) in [5, 5.41) is 0. The number of piperidine rings is 2. The van der Waals surface area contributed by atoms with E-state index in [0.29, 0.717) is 38.3 Å². The largest absolute Gasteiger partial charge is 0.447 e. The van der Waals surface area contributed by atoms with Crippen LogP contribution in [0.1, 0.15) is 33.1 Å². The van der Waals surface area contributed by atoms with Crippen LogP contribution < -0.4 is 9.62 Å². The summed E-state index contributed by atoms with van der Waals surface area (Å²) in [6, 6.07) is 0.578. The van der Waals surface area contributed by atoms with Gasteiger partial charge in [0.15, 0.2) is 0 Å². The number of anilines is 1. The van der Waals surface area contributed by atoms with Crippen molar-refractivity contribution in [1.29, 1.82) is 0 Å². The number of carbonyl (C=O) groups is 1. The second kappa shape index (κ2) is 10.7. The molecule has 4 atom stereocenters. The number of aromatic nitrogens is 2. The van der Waals surface area contributed by atoms with Gasteiger partial charge in [-0.15, -0.1) is 0 Å². The maximum Gasteiger partial charge on any atom is 0.410 e. The molecule has 3 heterocycles. The Kier molecular flexibility index (Phi) is 8.23. The molecule has 0 aromatic carbocycles. The number of halogens is 1. The van der Waals surface area contributed by atoms with Crippen molar-refractivity contribution < 1.29 is 27.1 Å². The molecule has 10 nitrogen and oxygen atoms in total. The summed E-state index contributed by atoms with van der Waals surface area (Å²) < 4.78 is 52.5. The van der Waals surface area contributed by atoms with Crippen molar-refractivity contribution in [2.75, 3.05) is 37.4 Å². The Morgan fingerprint density at radius 2 is 2.00 bits per heavy atom. The van der Waals surface area contributed by atoms with E-state index in [-0.39, 0.29) is 19.3 Å². The van der Waals surface area contributed by atoms with E-state index in [4.69, 9.17) is 9.47 Å². The Hall–Kier alpha value is -2.05. The number of amides is 1. The Morgan fingerprint density at radius 3 is 2.62 bits per heavy atom. The van der Waals surface area contributed by atoms with Crippen molar-refractivity contribution in [2.24, 2.45) is 0 Å². The van der Waals surface area contributed by atoms with Gasteiger partial charge in [0.05, 0.1) is 37.7 Å². The first-order valence-electron chi connectivity index (χ1n) is 10.9. The molecule has 0 bridgehead atoms. The lowest BCUT2D eigenvalue weighted by Gasteiger charge is -2.42. The van der Waals surface area contributed by atoms with Crippen LogP contribution >= 0.6 is 0 Å². The fraction of sp³-hybridized carbons (Fsp3) is 0.750. The molecule has 0 saturated carbocycles. The monoisotopic (exact) mass is 473 g/mol. The number of ether oxygens (including phenoxy) is 2. The number of carbonyl (C=O) groups excluding carboxylic acids is 1. The summed E-state index contributed by atoms with van der Waals surface area (Å²) in [6.07, 6.45) is 3.12. The van der Waals surface area contributed by atoms with E-state index in [1.54, 1.807) is 37.2 Å². The Labute approximate surface area is 188 Å². The highest BCUT2D eigenvalue weighted by Gasteiger charge is 2.39. The molecule has 12 heteroatoms. The molecule has 1 N–H and O–H groups in total. The van der Waals surface area contributed by atoms with E-state index < -0.39 is 40.5 Å². The van der Waals surface area contributed by atoms with Crippen LogP contribution in [0.25, 0.3) is 0 Å². The maximum atomic E-state index is 14.9. The second-order valence-corrected chi connectivity index (χ2v) is 10.3. The second-order valence-electron chi connectivity index (χ2n) is 8.50. The molecule has 1 amide bonds. The van der Waals surface area contributed by atoms with Gasteiger partial charge in [-0.05, 0) is 39.2 Å². The molecular weight excluding hydrogens is 441 g/mol. The zero-order valence-corrected chi connectivity index (χ0v) is 19.5. The van der Waals surface area contributed by atoms with Crippen LogP contribution in [0, 0.1) is 0 Å². The van der Waals surface area contributed by atoms with Crippen molar-refractivity contribution in [1.82, 2.24) is 19.6 Å². The van der Waals surface area contributed by atoms with Gasteiger partial charge in [0.1, 0.15) is 6.17 Å². The van der Waals surface area contributed by atoms with Crippen LogP contribution in [0.15, 0.2) is 18.5 Å². The van der Waals surface area contributed by atoms with Crippen LogP contribution in [0.2, 0.25) is 0 Å². The van der Waals surface area contributed by atoms with Crippen molar-refractivity contribution in [3.05, 3.63) is 18.5 Å². The molecule has 2 fully saturated rings. The predicted molar refractivity (Wildman–Crippen MR) is 117 cm³/mol. The zero-order chi connectivity index (χ0) is 23.3. The third-order valence-corrected chi connectivity index (χ3v) is 6.24. The molecule has 1 aromatic rings. The van der Waals surface area contributed by atoms with Crippen LogP contribution in [-0.2, 0) is 19.5 Å². The lowest BCUT2D eigenvalue weighted by Crippen LogP contribution is -2.59. The van der Waals surface area contributed by atoms with Gasteiger partial charge in [-0.2, -0.15) is 0 Å². The van der Waals surface area contributed by atoms with Gasteiger partial charge in [0.25, 0.3) is 0 Å². The highest BCUT2D eigenvalue weighted by Crippen LogP contribution is 2.24. The first-order valence-corrected chi connectivity index (χ1v) is 12.8. The molecule has 0 unspecified atom stereocenters. The fourth-order valence-corrected chi connectivity index (χ4v) is 4.93. The number of hydrogen-bond donors (Lipinski definition) is 1. The van der Waals surface area contributed by atoms with Crippen LogP contribution in [0.3, 0.4) is 0 Å². The Morgan fingerprint density at radius 1 is 1.28 bits per heavy atom. The van der Waals surface area contributed by atoms with Crippen molar-refractivity contribution in [3.8, 4) is 0 Å². The molecule has 0 aliphatic carbocycles. The predicted octanol–water partition coefficient (Wildman–Crippen LogP) is 1.34. The van der Waals surface area contributed by atoms with Crippen molar-refractivity contribution in [2.45, 2.75) is 63.6 Å². The lowest BCUT2D eigenvalue weighted by atomic mass is 9.97. The first-order chi connectivity index (χ1) is 15.1. The van der Waals surface area contributed by atoms with Gasteiger partial charge in [-0.1, -0.05) is 0 Å². The van der Waals surface area contributed by atoms with Crippen LogP contribution in [0.4, 0.5) is 15.1 Å². The Balaban J connectivity index is 1.66. The SMILES string of the molecule is CC(C)OC(=O)N1CCC[C@H](NS(C)(=O)=O)[C@@H]1CO[C@@H]1CCN(c2ncccn2)C[C@H]1F. The highest BCUT2D eigenvalue weighted by molar-refractivity contribution is 7.88. The number of nitrogens with one attached hydrogen (secondary N) is 1. The van der Waals surface area contributed by atoms with Crippen LogP contribution in [-0.4, -0.2) is 92.3 Å². The Bertz CT molecular complexity index is 859. The minimum Gasteiger partial charge on any atom is -0.447 e. The van der Waals surface area contributed by atoms with Gasteiger partial charge < -0.3 is 19.3 Å². The molecule has 0 radical (unpaired) electrons. The summed E-state index contributed by atoms with van der Waals surface area (Å²) in [4.78, 5) is 24.2. The lowest BCUT2D eigenvalue weighted by molar-refractivity contribution is -0.0501. The van der Waals surface area contributed by atoms with Gasteiger partial charge in [-0.3, -0.25) is 0 Å². The minimum atomic E-state index is -3.50. The number of hydrogen-bond acceptors (Lipinski definition) is 8. The topological polar surface area (TPSA) is 114 Å². The van der Waals surface area contributed by atoms with E-state index >= 15 is 0 Å². The quantitative estimate of drug-likeness (QED) is 0.631. The van der Waals surface area contributed by atoms with Gasteiger partial charge in [0, 0.05) is 31.5 Å². The maximum absolute atomic E-state index is 14.9. The molecule has 2 saturated heterocycles. The van der Waals surface area contributed by atoms with Crippen molar-refractivity contribution >= 4 is 22.1 Å². The van der Waals surface area contributed by atoms with Gasteiger partial charge >= 0.3 is 6.09 Å². The molecule has 0 spiro atoms. The number of rotatable bonds is 7. The smallest absolute Gasteiger partial charge is 0.410 e. The van der Waals surface area contributed by atoms with Gasteiger partial charge in [-0.25, -0.2) is 32.3 Å². The number of alkyl halides is 1. The van der Waals surface area contributed by atoms with E-state index in [1.807, 2.05) is 0 Å². The minimum absolute atomic E-state index is 0.00725. The fourth-order valence-electron chi connectivity index (χ4n) is 4.10. The summed E-state index contributed by atoms with van der Waals surface area (Å²) in [5.41, 5.74) is 0. The number of sulfonamides is 1. The summed E-state index contributed by atoms with van der Waals surface area (Å²) in [5.74, 6) is 0.473. The van der Waals surface area contributed by atoms with E-state index in [9.17, 15) is 17.6 Å². The third-order valence-electron chi connectivity index (χ3n) is 5.51. The molecule has 180 valence electrons. The molecule has 3 rings (SSSR count). The molecule has 2 aliphatic rings. The van der Waals surface area contributed by atoms with Crippen LogP contribution in [0.5, 0.6) is 0 Å². The van der Waals surface area contributed by atoms with Gasteiger partial charge in [0.2, 0.25) is 16.0 Å². The molecule has 2 aliphatic heterocycles. The van der Waals surface area contributed by atoms with Crippen molar-refractivity contribution in [3.63, 3.8) is 0 Å². The summed E-state index contributed by atoms with van der Waals surface area (Å²) in [6.45, 7) is 4.56. The molecular formula is C20H32FN5O5S. The normalized spacial score (nSPS) is 26.9. The average Bonchev–Trinajstić information content (AvgIpc) is 2.72. The average molecular weight is 474 g/mol. The highest BCUT2D eigenvalue weighted by atomic mass is 32.2. The summed E-state index contributed by atoms with van der Waals surface area (Å²) in [7, 11) is -3.50. The first kappa shape index (κ1) is 24.6. The zero-order valence-electron chi connectivity index (χ0n) is 18.7. The standard InChI is InChI=1S/C20H32FN5O5S/c1-14(2)31-20(27)26-10-4-6-16(24-32(3,28)29)17(26)13-30-18-7-11-25(12-15(18)21)19-22-8-5-9-23-19/h5,8-9,14-18,24H,4,6-7,10-13H2,1-3H3/t15-,16+,17+,18-/m1/s1. The van der Waals surface area contributed by atoms with E-state index in [0.717, 1.165) is 6.26 Å². The molecule has 1 aromatic heterocycles. The summed E-state index contributed by atoms with van der Waals surface area (Å²) >= 11 is 0. The van der Waals surface area contributed by atoms with E-state index in [2.05, 4.69) is 14.7 Å². The molecule has 32 heavy (non-hydrogen) atoms. The number of likely N-dealkylation sites (tertiary alicyclic amines) is 1. The third kappa shape index (κ3) is 6.72.